The highest BCUT2D eigenvalue weighted by Crippen LogP contribution is 2.11. The number of amides is 2. The van der Waals surface area contributed by atoms with Crippen LogP contribution in [0.2, 0.25) is 0 Å². The van der Waals surface area contributed by atoms with E-state index in [0.29, 0.717) is 11.5 Å². The van der Waals surface area contributed by atoms with E-state index < -0.39 is 0 Å². The minimum Gasteiger partial charge on any atom is -0.484 e. The zero-order chi connectivity index (χ0) is 18.8. The van der Waals surface area contributed by atoms with E-state index in [2.05, 4.69) is 10.6 Å². The maximum absolute atomic E-state index is 12.7. The van der Waals surface area contributed by atoms with Gasteiger partial charge in [0.15, 0.2) is 13.2 Å². The van der Waals surface area contributed by atoms with E-state index in [1.807, 2.05) is 0 Å². The molecule has 0 heterocycles. The highest BCUT2D eigenvalue weighted by atomic mass is 19.1. The van der Waals surface area contributed by atoms with Crippen molar-refractivity contribution in [3.05, 3.63) is 60.2 Å². The molecule has 2 N–H and O–H groups in total. The standard InChI is InChI=1S/C18H18F2N2O4/c19-13-1-5-15(6-2-13)25-11-17(23)21-9-10-22-18(24)12-26-16-7-3-14(20)4-8-16/h1-8H,9-12H2,(H,21,23)(H,22,24). The first kappa shape index (κ1) is 19.2. The second-order valence-electron chi connectivity index (χ2n) is 5.19. The molecule has 0 aliphatic heterocycles. The van der Waals surface area contributed by atoms with E-state index in [-0.39, 0.29) is 49.8 Å². The molecule has 0 saturated carbocycles. The monoisotopic (exact) mass is 364 g/mol. The van der Waals surface area contributed by atoms with Crippen molar-refractivity contribution in [3.8, 4) is 11.5 Å². The maximum Gasteiger partial charge on any atom is 0.258 e. The largest absolute Gasteiger partial charge is 0.484 e. The predicted molar refractivity (Wildman–Crippen MR) is 89.8 cm³/mol. The molecule has 0 saturated heterocycles. The molecule has 0 fully saturated rings. The number of nitrogens with one attached hydrogen (secondary N) is 2. The maximum atomic E-state index is 12.7. The SMILES string of the molecule is O=C(COc1ccc(F)cc1)NCCNC(=O)COc1ccc(F)cc1. The normalized spacial score (nSPS) is 10.1. The Morgan fingerprint density at radius 1 is 0.692 bits per heavy atom. The molecule has 26 heavy (non-hydrogen) atoms. The zero-order valence-corrected chi connectivity index (χ0v) is 13.8. The van der Waals surface area contributed by atoms with Crippen LogP contribution in [-0.2, 0) is 9.59 Å². The van der Waals surface area contributed by atoms with Gasteiger partial charge in [0.2, 0.25) is 0 Å². The molecule has 8 heteroatoms. The molecule has 0 unspecified atom stereocenters. The molecular weight excluding hydrogens is 346 g/mol. The van der Waals surface area contributed by atoms with E-state index in [1.165, 1.54) is 48.5 Å². The fourth-order valence-corrected chi connectivity index (χ4v) is 1.87. The van der Waals surface area contributed by atoms with E-state index in [9.17, 15) is 18.4 Å². The van der Waals surface area contributed by atoms with Gasteiger partial charge in [-0.3, -0.25) is 9.59 Å². The summed E-state index contributed by atoms with van der Waals surface area (Å²) in [5.41, 5.74) is 0. The van der Waals surface area contributed by atoms with Gasteiger partial charge in [-0.2, -0.15) is 0 Å². The first-order valence-electron chi connectivity index (χ1n) is 7.83. The summed E-state index contributed by atoms with van der Waals surface area (Å²) in [6, 6.07) is 10.6. The van der Waals surface area contributed by atoms with Gasteiger partial charge in [-0.1, -0.05) is 0 Å². The lowest BCUT2D eigenvalue weighted by molar-refractivity contribution is -0.124. The summed E-state index contributed by atoms with van der Waals surface area (Å²) in [4.78, 5) is 23.2. The third kappa shape index (κ3) is 7.16. The fraction of sp³-hybridized carbons (Fsp3) is 0.222. The van der Waals surface area contributed by atoms with Crippen molar-refractivity contribution >= 4 is 11.8 Å². The van der Waals surface area contributed by atoms with Gasteiger partial charge in [0.05, 0.1) is 0 Å². The molecule has 138 valence electrons. The Bertz CT molecular complexity index is 657. The van der Waals surface area contributed by atoms with Gasteiger partial charge in [0.1, 0.15) is 23.1 Å². The van der Waals surface area contributed by atoms with Gasteiger partial charge in [-0.15, -0.1) is 0 Å². The van der Waals surface area contributed by atoms with Crippen molar-refractivity contribution in [1.29, 1.82) is 0 Å². The number of carbonyl (C=O) groups is 2. The van der Waals surface area contributed by atoms with Gasteiger partial charge < -0.3 is 20.1 Å². The Kier molecular flexibility index (Phi) is 7.35. The first-order chi connectivity index (χ1) is 12.5. The lowest BCUT2D eigenvalue weighted by atomic mass is 10.3. The predicted octanol–water partition coefficient (Wildman–Crippen LogP) is 1.65. The molecular formula is C18H18F2N2O4. The number of rotatable bonds is 9. The van der Waals surface area contributed by atoms with Crippen molar-refractivity contribution in [2.24, 2.45) is 0 Å². The average molecular weight is 364 g/mol. The molecule has 0 aliphatic carbocycles. The molecule has 2 amide bonds. The van der Waals surface area contributed by atoms with Gasteiger partial charge in [-0.05, 0) is 48.5 Å². The van der Waals surface area contributed by atoms with Gasteiger partial charge in [-0.25, -0.2) is 8.78 Å². The van der Waals surface area contributed by atoms with Crippen LogP contribution >= 0.6 is 0 Å². The molecule has 0 radical (unpaired) electrons. The first-order valence-corrected chi connectivity index (χ1v) is 7.83. The number of ether oxygens (including phenoxy) is 2. The zero-order valence-electron chi connectivity index (χ0n) is 13.8. The summed E-state index contributed by atoms with van der Waals surface area (Å²) in [5.74, 6) is -0.750. The Hall–Kier alpha value is -3.16. The van der Waals surface area contributed by atoms with Crippen LogP contribution in [0.25, 0.3) is 0 Å². The van der Waals surface area contributed by atoms with Crippen LogP contribution in [0, 0.1) is 11.6 Å². The van der Waals surface area contributed by atoms with Crippen LogP contribution in [0.1, 0.15) is 0 Å². The van der Waals surface area contributed by atoms with Crippen molar-refractivity contribution in [2.45, 2.75) is 0 Å². The third-order valence-electron chi connectivity index (χ3n) is 3.14. The third-order valence-corrected chi connectivity index (χ3v) is 3.14. The molecule has 0 spiro atoms. The molecule has 2 aromatic rings. The number of carbonyl (C=O) groups excluding carboxylic acids is 2. The highest BCUT2D eigenvalue weighted by Gasteiger charge is 2.05. The quantitative estimate of drug-likeness (QED) is 0.664. The molecule has 0 bridgehead atoms. The molecule has 2 rings (SSSR count). The van der Waals surface area contributed by atoms with E-state index >= 15 is 0 Å². The number of benzene rings is 2. The minimum absolute atomic E-state index is 0.215. The van der Waals surface area contributed by atoms with Crippen molar-refractivity contribution in [1.82, 2.24) is 10.6 Å². The summed E-state index contributed by atoms with van der Waals surface area (Å²) >= 11 is 0. The van der Waals surface area contributed by atoms with Crippen LogP contribution in [-0.4, -0.2) is 38.1 Å². The Morgan fingerprint density at radius 3 is 1.38 bits per heavy atom. The van der Waals surface area contributed by atoms with Gasteiger partial charge in [0.25, 0.3) is 11.8 Å². The highest BCUT2D eigenvalue weighted by molar-refractivity contribution is 5.78. The topological polar surface area (TPSA) is 76.7 Å². The summed E-state index contributed by atoms with van der Waals surface area (Å²) in [5, 5.41) is 5.13. The average Bonchev–Trinajstić information content (AvgIpc) is 2.64. The Labute approximate surface area is 149 Å². The number of hydrogen-bond acceptors (Lipinski definition) is 4. The van der Waals surface area contributed by atoms with Crippen molar-refractivity contribution < 1.29 is 27.8 Å². The van der Waals surface area contributed by atoms with E-state index in [4.69, 9.17) is 9.47 Å². The van der Waals surface area contributed by atoms with Crippen molar-refractivity contribution in [2.75, 3.05) is 26.3 Å². The Balaban J connectivity index is 1.54. The smallest absolute Gasteiger partial charge is 0.258 e. The van der Waals surface area contributed by atoms with Crippen LogP contribution in [0.15, 0.2) is 48.5 Å². The number of halogens is 2. The second kappa shape index (κ2) is 9.97. The Morgan fingerprint density at radius 2 is 1.04 bits per heavy atom. The van der Waals surface area contributed by atoms with Gasteiger partial charge >= 0.3 is 0 Å². The summed E-state index contributed by atoms with van der Waals surface area (Å²) < 4.78 is 35.8. The van der Waals surface area contributed by atoms with Crippen molar-refractivity contribution in [3.63, 3.8) is 0 Å². The molecule has 0 atom stereocenters. The van der Waals surface area contributed by atoms with Crippen LogP contribution in [0.3, 0.4) is 0 Å². The molecule has 6 nitrogen and oxygen atoms in total. The molecule has 0 aromatic heterocycles. The van der Waals surface area contributed by atoms with Crippen LogP contribution < -0.4 is 20.1 Å². The van der Waals surface area contributed by atoms with E-state index in [1.54, 1.807) is 0 Å². The van der Waals surface area contributed by atoms with Crippen LogP contribution in [0.4, 0.5) is 8.78 Å². The van der Waals surface area contributed by atoms with E-state index in [0.717, 1.165) is 0 Å². The summed E-state index contributed by atoms with van der Waals surface area (Å²) in [7, 11) is 0. The summed E-state index contributed by atoms with van der Waals surface area (Å²) in [6.07, 6.45) is 0. The number of hydrogen-bond donors (Lipinski definition) is 2. The lowest BCUT2D eigenvalue weighted by Crippen LogP contribution is -2.38. The second-order valence-corrected chi connectivity index (χ2v) is 5.19. The van der Waals surface area contributed by atoms with Gasteiger partial charge in [0, 0.05) is 13.1 Å². The molecule has 2 aromatic carbocycles. The summed E-state index contributed by atoms with van der Waals surface area (Å²) in [6.45, 7) is 0.00229. The minimum atomic E-state index is -0.388. The molecule has 0 aliphatic rings. The fourth-order valence-electron chi connectivity index (χ4n) is 1.87. The lowest BCUT2D eigenvalue weighted by Gasteiger charge is -2.09. The van der Waals surface area contributed by atoms with Crippen LogP contribution in [0.5, 0.6) is 11.5 Å².